The summed E-state index contributed by atoms with van der Waals surface area (Å²) in [5.74, 6) is -0.116. The van der Waals surface area contributed by atoms with Gasteiger partial charge in [0.05, 0.1) is 6.42 Å². The van der Waals surface area contributed by atoms with Gasteiger partial charge in [0.25, 0.3) is 0 Å². The molecular weight excluding hydrogens is 306 g/mol. The van der Waals surface area contributed by atoms with Crippen LogP contribution in [0.5, 0.6) is 0 Å². The average Bonchev–Trinajstić information content (AvgIpc) is 2.33. The Hall–Kier alpha value is -2.01. The van der Waals surface area contributed by atoms with Gasteiger partial charge in [0, 0.05) is 21.5 Å². The fourth-order valence-corrected chi connectivity index (χ4v) is 2.12. The molecule has 0 fully saturated rings. The molecule has 5 N–H and O–H groups in total. The van der Waals surface area contributed by atoms with Crippen LogP contribution in [0.3, 0.4) is 0 Å². The van der Waals surface area contributed by atoms with Gasteiger partial charge >= 0.3 is 0 Å². The molecule has 0 aromatic heterocycles. The second-order valence-electron chi connectivity index (χ2n) is 4.19. The Balaban J connectivity index is 2.05. The number of nitrogen functional groups attached to an aromatic ring is 2. The molecule has 0 aliphatic rings. The molecule has 2 aromatic rings. The molecule has 0 bridgehead atoms. The number of halogens is 1. The SMILES string of the molecule is Nc1ccc(CC(=O)Nc2cccc(Br)c2)c(N)c1. The number of carbonyl (C=O) groups is 1. The van der Waals surface area contributed by atoms with E-state index in [4.69, 9.17) is 11.5 Å². The summed E-state index contributed by atoms with van der Waals surface area (Å²) in [6.45, 7) is 0. The summed E-state index contributed by atoms with van der Waals surface area (Å²) in [6, 6.07) is 12.6. The summed E-state index contributed by atoms with van der Waals surface area (Å²) in [5, 5.41) is 2.82. The first-order valence-electron chi connectivity index (χ1n) is 5.74. The molecule has 0 aliphatic heterocycles. The summed E-state index contributed by atoms with van der Waals surface area (Å²) in [4.78, 5) is 11.9. The van der Waals surface area contributed by atoms with Crippen molar-refractivity contribution < 1.29 is 4.79 Å². The summed E-state index contributed by atoms with van der Waals surface area (Å²) < 4.78 is 0.914. The first kappa shape index (κ1) is 13.4. The largest absolute Gasteiger partial charge is 0.399 e. The maximum absolute atomic E-state index is 11.9. The first-order chi connectivity index (χ1) is 9.04. The molecule has 0 heterocycles. The Bertz CT molecular complexity index is 613. The maximum Gasteiger partial charge on any atom is 0.228 e. The zero-order valence-electron chi connectivity index (χ0n) is 10.2. The van der Waals surface area contributed by atoms with E-state index in [1.54, 1.807) is 18.2 Å². The standard InChI is InChI=1S/C14H14BrN3O/c15-10-2-1-3-12(7-10)18-14(19)6-9-4-5-11(16)8-13(9)17/h1-5,7-8H,6,16-17H2,(H,18,19). The van der Waals surface area contributed by atoms with Gasteiger partial charge in [0.15, 0.2) is 0 Å². The van der Waals surface area contributed by atoms with Gasteiger partial charge in [-0.1, -0.05) is 28.1 Å². The quantitative estimate of drug-likeness (QED) is 0.761. The van der Waals surface area contributed by atoms with Crippen molar-refractivity contribution in [3.8, 4) is 0 Å². The lowest BCUT2D eigenvalue weighted by Crippen LogP contribution is -2.15. The molecule has 0 atom stereocenters. The van der Waals surface area contributed by atoms with Gasteiger partial charge in [-0.15, -0.1) is 0 Å². The van der Waals surface area contributed by atoms with Crippen LogP contribution in [-0.4, -0.2) is 5.91 Å². The second kappa shape index (κ2) is 5.75. The predicted molar refractivity (Wildman–Crippen MR) is 81.7 cm³/mol. The van der Waals surface area contributed by atoms with Crippen LogP contribution in [0.25, 0.3) is 0 Å². The molecule has 0 saturated heterocycles. The summed E-state index contributed by atoms with van der Waals surface area (Å²) in [7, 11) is 0. The average molecular weight is 320 g/mol. The third kappa shape index (κ3) is 3.72. The van der Waals surface area contributed by atoms with E-state index < -0.39 is 0 Å². The number of hydrogen-bond donors (Lipinski definition) is 3. The fourth-order valence-electron chi connectivity index (χ4n) is 1.72. The minimum Gasteiger partial charge on any atom is -0.399 e. The van der Waals surface area contributed by atoms with E-state index in [2.05, 4.69) is 21.2 Å². The first-order valence-corrected chi connectivity index (χ1v) is 6.53. The van der Waals surface area contributed by atoms with E-state index in [1.165, 1.54) is 0 Å². The highest BCUT2D eigenvalue weighted by Crippen LogP contribution is 2.18. The van der Waals surface area contributed by atoms with E-state index in [0.29, 0.717) is 11.4 Å². The van der Waals surface area contributed by atoms with Crippen molar-refractivity contribution >= 4 is 38.9 Å². The topological polar surface area (TPSA) is 81.1 Å². The number of anilines is 3. The maximum atomic E-state index is 11.9. The molecule has 0 spiro atoms. The van der Waals surface area contributed by atoms with E-state index in [1.807, 2.05) is 24.3 Å². The molecule has 5 heteroatoms. The Morgan fingerprint density at radius 3 is 2.63 bits per heavy atom. The lowest BCUT2D eigenvalue weighted by molar-refractivity contribution is -0.115. The number of nitrogens with two attached hydrogens (primary N) is 2. The molecule has 98 valence electrons. The third-order valence-corrected chi connectivity index (χ3v) is 3.12. The van der Waals surface area contributed by atoms with Crippen LogP contribution in [0.2, 0.25) is 0 Å². The molecule has 0 aliphatic carbocycles. The Morgan fingerprint density at radius 2 is 1.95 bits per heavy atom. The number of benzene rings is 2. The van der Waals surface area contributed by atoms with E-state index in [-0.39, 0.29) is 12.3 Å². The van der Waals surface area contributed by atoms with Crippen molar-refractivity contribution in [3.05, 3.63) is 52.5 Å². The summed E-state index contributed by atoms with van der Waals surface area (Å²) >= 11 is 3.35. The molecule has 0 saturated carbocycles. The van der Waals surface area contributed by atoms with Crippen molar-refractivity contribution in [1.82, 2.24) is 0 Å². The van der Waals surface area contributed by atoms with Crippen LogP contribution in [0, 0.1) is 0 Å². The van der Waals surface area contributed by atoms with Crippen LogP contribution in [-0.2, 0) is 11.2 Å². The normalized spacial score (nSPS) is 10.2. The van der Waals surface area contributed by atoms with Crippen LogP contribution in [0.15, 0.2) is 46.9 Å². The molecular formula is C14H14BrN3O. The Labute approximate surface area is 119 Å². The summed E-state index contributed by atoms with van der Waals surface area (Å²) in [6.07, 6.45) is 0.221. The highest BCUT2D eigenvalue weighted by molar-refractivity contribution is 9.10. The molecule has 19 heavy (non-hydrogen) atoms. The second-order valence-corrected chi connectivity index (χ2v) is 5.11. The van der Waals surface area contributed by atoms with Crippen LogP contribution in [0.1, 0.15) is 5.56 Å². The number of amides is 1. The van der Waals surface area contributed by atoms with Crippen LogP contribution in [0.4, 0.5) is 17.1 Å². The van der Waals surface area contributed by atoms with Crippen molar-refractivity contribution in [2.75, 3.05) is 16.8 Å². The van der Waals surface area contributed by atoms with Gasteiger partial charge in [-0.2, -0.15) is 0 Å². The van der Waals surface area contributed by atoms with E-state index in [0.717, 1.165) is 15.7 Å². The predicted octanol–water partition coefficient (Wildman–Crippen LogP) is 2.79. The third-order valence-electron chi connectivity index (χ3n) is 2.63. The zero-order valence-corrected chi connectivity index (χ0v) is 11.8. The Kier molecular flexibility index (Phi) is 4.06. The molecule has 0 unspecified atom stereocenters. The fraction of sp³-hybridized carbons (Fsp3) is 0.0714. The number of hydrogen-bond acceptors (Lipinski definition) is 3. The molecule has 1 amide bonds. The van der Waals surface area contributed by atoms with Crippen molar-refractivity contribution in [2.24, 2.45) is 0 Å². The summed E-state index contributed by atoms with van der Waals surface area (Å²) in [5.41, 5.74) is 14.1. The minimum atomic E-state index is -0.116. The van der Waals surface area contributed by atoms with Gasteiger partial charge < -0.3 is 16.8 Å². The highest BCUT2D eigenvalue weighted by atomic mass is 79.9. The smallest absolute Gasteiger partial charge is 0.228 e. The van der Waals surface area contributed by atoms with Crippen molar-refractivity contribution in [1.29, 1.82) is 0 Å². The van der Waals surface area contributed by atoms with Crippen molar-refractivity contribution in [2.45, 2.75) is 6.42 Å². The van der Waals surface area contributed by atoms with Crippen LogP contribution >= 0.6 is 15.9 Å². The van der Waals surface area contributed by atoms with E-state index >= 15 is 0 Å². The van der Waals surface area contributed by atoms with Gasteiger partial charge in [-0.05, 0) is 35.9 Å². The molecule has 0 radical (unpaired) electrons. The molecule has 4 nitrogen and oxygen atoms in total. The highest BCUT2D eigenvalue weighted by Gasteiger charge is 2.07. The van der Waals surface area contributed by atoms with Gasteiger partial charge in [-0.25, -0.2) is 0 Å². The molecule has 2 rings (SSSR count). The van der Waals surface area contributed by atoms with E-state index in [9.17, 15) is 4.79 Å². The monoisotopic (exact) mass is 319 g/mol. The van der Waals surface area contributed by atoms with Gasteiger partial charge in [0.1, 0.15) is 0 Å². The van der Waals surface area contributed by atoms with Crippen molar-refractivity contribution in [3.63, 3.8) is 0 Å². The van der Waals surface area contributed by atoms with Gasteiger partial charge in [-0.3, -0.25) is 4.79 Å². The zero-order chi connectivity index (χ0) is 13.8. The molecule has 2 aromatic carbocycles. The lowest BCUT2D eigenvalue weighted by atomic mass is 10.1. The Morgan fingerprint density at radius 1 is 1.16 bits per heavy atom. The van der Waals surface area contributed by atoms with Crippen LogP contribution < -0.4 is 16.8 Å². The lowest BCUT2D eigenvalue weighted by Gasteiger charge is -2.08. The number of rotatable bonds is 3. The number of carbonyl (C=O) groups excluding carboxylic acids is 1. The minimum absolute atomic E-state index is 0.116. The van der Waals surface area contributed by atoms with Gasteiger partial charge in [0.2, 0.25) is 5.91 Å². The number of nitrogens with one attached hydrogen (secondary N) is 1.